The first-order chi connectivity index (χ1) is 9.68. The minimum absolute atomic E-state index is 0.114. The average molecular weight is 296 g/mol. The molecule has 2 aliphatic rings. The number of hydrogen-bond donors (Lipinski definition) is 1. The molecule has 108 valence electrons. The van der Waals surface area contributed by atoms with Crippen LogP contribution in [0.2, 0.25) is 5.02 Å². The summed E-state index contributed by atoms with van der Waals surface area (Å²) in [6, 6.07) is 7.86. The summed E-state index contributed by atoms with van der Waals surface area (Å²) in [5, 5.41) is 3.70. The third-order valence-electron chi connectivity index (χ3n) is 4.16. The van der Waals surface area contributed by atoms with Crippen molar-refractivity contribution in [1.29, 1.82) is 0 Å². The number of carbonyl (C=O) groups is 1. The van der Waals surface area contributed by atoms with Crippen molar-refractivity contribution < 1.29 is 14.3 Å². The van der Waals surface area contributed by atoms with Crippen molar-refractivity contribution in [2.45, 2.75) is 31.0 Å². The van der Waals surface area contributed by atoms with E-state index in [2.05, 4.69) is 5.32 Å². The number of piperidine rings is 1. The number of nitrogens with one attached hydrogen (secondary N) is 1. The first kappa shape index (κ1) is 13.9. The fourth-order valence-electron chi connectivity index (χ4n) is 2.98. The third-order valence-corrected chi connectivity index (χ3v) is 4.41. The van der Waals surface area contributed by atoms with E-state index in [1.165, 1.54) is 5.56 Å². The molecule has 0 saturated carbocycles. The molecule has 2 aliphatic heterocycles. The Morgan fingerprint density at radius 1 is 1.25 bits per heavy atom. The molecule has 0 aliphatic carbocycles. The van der Waals surface area contributed by atoms with Crippen molar-refractivity contribution in [3.63, 3.8) is 0 Å². The summed E-state index contributed by atoms with van der Waals surface area (Å²) in [5.41, 5.74) is 1.05. The van der Waals surface area contributed by atoms with Crippen LogP contribution in [0.3, 0.4) is 0 Å². The first-order valence-electron chi connectivity index (χ1n) is 6.94. The summed E-state index contributed by atoms with van der Waals surface area (Å²) in [6.07, 6.45) is 1.93. The summed E-state index contributed by atoms with van der Waals surface area (Å²) in [6.45, 7) is 1.91. The molecule has 1 atom stereocenters. The number of ether oxygens (including phenoxy) is 2. The van der Waals surface area contributed by atoms with E-state index < -0.39 is 0 Å². The molecule has 3 rings (SSSR count). The van der Waals surface area contributed by atoms with Crippen LogP contribution in [0.15, 0.2) is 24.3 Å². The largest absolute Gasteiger partial charge is 0.355 e. The Morgan fingerprint density at radius 2 is 1.95 bits per heavy atom. The van der Waals surface area contributed by atoms with Gasteiger partial charge in [0.05, 0.1) is 13.2 Å². The van der Waals surface area contributed by atoms with Crippen LogP contribution in [0.25, 0.3) is 0 Å². The highest BCUT2D eigenvalue weighted by Crippen LogP contribution is 2.38. The lowest BCUT2D eigenvalue weighted by molar-refractivity contribution is -0.124. The van der Waals surface area contributed by atoms with E-state index >= 15 is 0 Å². The van der Waals surface area contributed by atoms with Crippen LogP contribution in [-0.2, 0) is 19.7 Å². The zero-order valence-corrected chi connectivity index (χ0v) is 12.0. The van der Waals surface area contributed by atoms with Gasteiger partial charge in [-0.2, -0.15) is 0 Å². The number of halogens is 1. The van der Waals surface area contributed by atoms with Crippen molar-refractivity contribution in [1.82, 2.24) is 5.32 Å². The molecule has 0 aromatic heterocycles. The van der Waals surface area contributed by atoms with Crippen molar-refractivity contribution >= 4 is 17.5 Å². The maximum Gasteiger partial charge on any atom is 0.220 e. The molecule has 2 fully saturated rings. The maximum absolute atomic E-state index is 11.5. The maximum atomic E-state index is 11.5. The fraction of sp³-hybridized carbons (Fsp3) is 0.533. The van der Waals surface area contributed by atoms with Crippen molar-refractivity contribution in [2.75, 3.05) is 19.8 Å². The molecule has 4 nitrogen and oxygen atoms in total. The average Bonchev–Trinajstić information content (AvgIpc) is 2.95. The molecule has 0 spiro atoms. The molecule has 1 N–H and O–H groups in total. The molecular formula is C15H18ClNO3. The van der Waals surface area contributed by atoms with Gasteiger partial charge in [-0.05, 0) is 24.1 Å². The van der Waals surface area contributed by atoms with Crippen LogP contribution in [0, 0.1) is 0 Å². The van der Waals surface area contributed by atoms with Gasteiger partial charge in [-0.15, -0.1) is 0 Å². The van der Waals surface area contributed by atoms with Crippen LogP contribution < -0.4 is 5.32 Å². The highest BCUT2D eigenvalue weighted by Gasteiger charge is 2.39. The molecule has 1 amide bonds. The second-order valence-electron chi connectivity index (χ2n) is 5.44. The van der Waals surface area contributed by atoms with Gasteiger partial charge < -0.3 is 14.8 Å². The number of amides is 1. The van der Waals surface area contributed by atoms with Crippen LogP contribution in [0.4, 0.5) is 0 Å². The Balaban J connectivity index is 1.85. The van der Waals surface area contributed by atoms with E-state index in [1.807, 2.05) is 24.3 Å². The summed E-state index contributed by atoms with van der Waals surface area (Å²) in [5.74, 6) is 0.114. The predicted octanol–water partition coefficient (Wildman–Crippen LogP) is 2.25. The van der Waals surface area contributed by atoms with Crippen molar-refractivity contribution in [3.8, 4) is 0 Å². The van der Waals surface area contributed by atoms with Gasteiger partial charge in [0.15, 0.2) is 6.29 Å². The van der Waals surface area contributed by atoms with Crippen LogP contribution >= 0.6 is 11.6 Å². The van der Waals surface area contributed by atoms with Crippen LogP contribution in [-0.4, -0.2) is 32.0 Å². The third kappa shape index (κ3) is 2.82. The lowest BCUT2D eigenvalue weighted by Gasteiger charge is -2.39. The van der Waals surface area contributed by atoms with Crippen LogP contribution in [0.1, 0.15) is 24.8 Å². The minimum Gasteiger partial charge on any atom is -0.355 e. The molecule has 1 aromatic carbocycles. The Labute approximate surface area is 123 Å². The Morgan fingerprint density at radius 3 is 2.55 bits per heavy atom. The molecule has 2 heterocycles. The molecule has 1 aromatic rings. The highest BCUT2D eigenvalue weighted by atomic mass is 35.5. The van der Waals surface area contributed by atoms with E-state index in [-0.39, 0.29) is 17.6 Å². The van der Waals surface area contributed by atoms with E-state index in [9.17, 15) is 4.79 Å². The van der Waals surface area contributed by atoms with E-state index in [1.54, 1.807) is 0 Å². The zero-order chi connectivity index (χ0) is 14.0. The first-order valence-corrected chi connectivity index (χ1v) is 7.32. The van der Waals surface area contributed by atoms with Crippen molar-refractivity contribution in [2.24, 2.45) is 0 Å². The topological polar surface area (TPSA) is 47.6 Å². The van der Waals surface area contributed by atoms with Gasteiger partial charge in [0.2, 0.25) is 5.91 Å². The molecular weight excluding hydrogens is 278 g/mol. The monoisotopic (exact) mass is 295 g/mol. The fourth-order valence-corrected chi connectivity index (χ4v) is 3.11. The molecule has 5 heteroatoms. The molecule has 2 saturated heterocycles. The predicted molar refractivity (Wildman–Crippen MR) is 75.7 cm³/mol. The Kier molecular flexibility index (Phi) is 3.96. The summed E-state index contributed by atoms with van der Waals surface area (Å²) >= 11 is 5.97. The lowest BCUT2D eigenvalue weighted by Crippen LogP contribution is -2.48. The molecule has 0 radical (unpaired) electrons. The Bertz CT molecular complexity index is 472. The normalized spacial score (nSPS) is 27.6. The van der Waals surface area contributed by atoms with Gasteiger partial charge in [0.25, 0.3) is 0 Å². The number of benzene rings is 1. The van der Waals surface area contributed by atoms with E-state index in [4.69, 9.17) is 21.1 Å². The summed E-state index contributed by atoms with van der Waals surface area (Å²) in [7, 11) is 0. The lowest BCUT2D eigenvalue weighted by atomic mass is 9.72. The molecule has 0 bridgehead atoms. The zero-order valence-electron chi connectivity index (χ0n) is 11.2. The Hall–Kier alpha value is -1.10. The molecule has 1 unspecified atom stereocenters. The minimum atomic E-state index is -0.180. The van der Waals surface area contributed by atoms with Crippen LogP contribution in [0.5, 0.6) is 0 Å². The van der Waals surface area contributed by atoms with E-state index in [0.717, 1.165) is 17.9 Å². The van der Waals surface area contributed by atoms with Gasteiger partial charge in [-0.1, -0.05) is 23.7 Å². The summed E-state index contributed by atoms with van der Waals surface area (Å²) in [4.78, 5) is 11.5. The number of carbonyl (C=O) groups excluding carboxylic acids is 1. The van der Waals surface area contributed by atoms with Gasteiger partial charge >= 0.3 is 0 Å². The standard InChI is InChI=1S/C15H18ClNO3/c16-12-3-1-11(2-4-12)15(6-5-13(18)17-10-15)9-14-19-7-8-20-14/h1-4,14H,5-10H2,(H,17,18). The van der Waals surface area contributed by atoms with Gasteiger partial charge in [0.1, 0.15) is 0 Å². The van der Waals surface area contributed by atoms with Gasteiger partial charge in [-0.25, -0.2) is 0 Å². The van der Waals surface area contributed by atoms with Crippen molar-refractivity contribution in [3.05, 3.63) is 34.9 Å². The highest BCUT2D eigenvalue weighted by molar-refractivity contribution is 6.30. The second kappa shape index (κ2) is 5.72. The molecule has 20 heavy (non-hydrogen) atoms. The second-order valence-corrected chi connectivity index (χ2v) is 5.88. The quantitative estimate of drug-likeness (QED) is 0.930. The smallest absolute Gasteiger partial charge is 0.220 e. The van der Waals surface area contributed by atoms with Gasteiger partial charge in [0, 0.05) is 29.8 Å². The SMILES string of the molecule is O=C1CCC(CC2OCCO2)(c2ccc(Cl)cc2)CN1. The summed E-state index contributed by atoms with van der Waals surface area (Å²) < 4.78 is 11.2. The van der Waals surface area contributed by atoms with E-state index in [0.29, 0.717) is 26.2 Å². The van der Waals surface area contributed by atoms with Gasteiger partial charge in [-0.3, -0.25) is 4.79 Å². The number of rotatable bonds is 3. The number of hydrogen-bond acceptors (Lipinski definition) is 3.